The van der Waals surface area contributed by atoms with E-state index >= 15 is 0 Å². The zero-order valence-corrected chi connectivity index (χ0v) is 14.9. The number of phenols is 2. The van der Waals surface area contributed by atoms with Crippen LogP contribution in [-0.2, 0) is 5.60 Å². The standard InChI is InChI=1S/C20H13Cl2NO3/c21-16-10-14(6-8-18(16)24)20(12-23,13-4-2-1-3-5-13)26-15-7-9-19(25)17(22)11-15/h1-11,24-25H. The van der Waals surface area contributed by atoms with Crippen molar-refractivity contribution >= 4 is 23.2 Å². The molecule has 0 spiro atoms. The van der Waals surface area contributed by atoms with E-state index in [0.717, 1.165) is 0 Å². The molecule has 1 unspecified atom stereocenters. The van der Waals surface area contributed by atoms with Gasteiger partial charge in [0.2, 0.25) is 5.60 Å². The van der Waals surface area contributed by atoms with Gasteiger partial charge in [0.25, 0.3) is 0 Å². The van der Waals surface area contributed by atoms with Gasteiger partial charge in [-0.3, -0.25) is 0 Å². The number of hydrogen-bond donors (Lipinski definition) is 2. The van der Waals surface area contributed by atoms with Crippen LogP contribution in [-0.4, -0.2) is 10.2 Å². The number of rotatable bonds is 4. The Labute approximate surface area is 160 Å². The fourth-order valence-electron chi connectivity index (χ4n) is 2.56. The Balaban J connectivity index is 2.19. The number of ether oxygens (including phenoxy) is 1. The SMILES string of the molecule is N#CC(Oc1ccc(O)c(Cl)c1)(c1ccccc1)c1ccc(O)c(Cl)c1. The average Bonchev–Trinajstić information content (AvgIpc) is 2.66. The maximum Gasteiger partial charge on any atom is 0.245 e. The highest BCUT2D eigenvalue weighted by atomic mass is 35.5. The minimum atomic E-state index is -1.53. The second kappa shape index (κ2) is 7.17. The van der Waals surface area contributed by atoms with Crippen LogP contribution >= 0.6 is 23.2 Å². The van der Waals surface area contributed by atoms with Gasteiger partial charge >= 0.3 is 0 Å². The van der Waals surface area contributed by atoms with Crippen molar-refractivity contribution in [1.29, 1.82) is 5.26 Å². The summed E-state index contributed by atoms with van der Waals surface area (Å²) in [7, 11) is 0. The van der Waals surface area contributed by atoms with Crippen LogP contribution in [0.1, 0.15) is 11.1 Å². The van der Waals surface area contributed by atoms with E-state index in [0.29, 0.717) is 16.9 Å². The van der Waals surface area contributed by atoms with Crippen LogP contribution in [0, 0.1) is 11.3 Å². The quantitative estimate of drug-likeness (QED) is 0.642. The third kappa shape index (κ3) is 3.28. The van der Waals surface area contributed by atoms with Gasteiger partial charge in [0.1, 0.15) is 23.3 Å². The minimum absolute atomic E-state index is 0.0889. The molecule has 6 heteroatoms. The van der Waals surface area contributed by atoms with Crippen LogP contribution < -0.4 is 4.74 Å². The van der Waals surface area contributed by atoms with Gasteiger partial charge in [0, 0.05) is 17.2 Å². The van der Waals surface area contributed by atoms with Crippen LogP contribution in [0.4, 0.5) is 0 Å². The van der Waals surface area contributed by atoms with E-state index in [1.807, 2.05) is 6.07 Å². The van der Waals surface area contributed by atoms with E-state index in [9.17, 15) is 15.5 Å². The topological polar surface area (TPSA) is 73.5 Å². The molecule has 0 amide bonds. The van der Waals surface area contributed by atoms with Crippen molar-refractivity contribution in [3.63, 3.8) is 0 Å². The summed E-state index contributed by atoms with van der Waals surface area (Å²) in [5.74, 6) is 0.111. The number of nitriles is 1. The van der Waals surface area contributed by atoms with Gasteiger partial charge < -0.3 is 14.9 Å². The lowest BCUT2D eigenvalue weighted by Gasteiger charge is -2.29. The molecule has 0 aliphatic heterocycles. The Morgan fingerprint density at radius 1 is 0.808 bits per heavy atom. The first-order chi connectivity index (χ1) is 12.5. The summed E-state index contributed by atoms with van der Waals surface area (Å²) in [6.07, 6.45) is 0. The normalized spacial score (nSPS) is 12.8. The molecule has 0 saturated carbocycles. The lowest BCUT2D eigenvalue weighted by Crippen LogP contribution is -2.33. The first-order valence-electron chi connectivity index (χ1n) is 7.59. The Bertz CT molecular complexity index is 986. The Hall–Kier alpha value is -2.87. The van der Waals surface area contributed by atoms with Gasteiger partial charge in [-0.2, -0.15) is 5.26 Å². The minimum Gasteiger partial charge on any atom is -0.506 e. The number of benzene rings is 3. The molecule has 0 heterocycles. The van der Waals surface area contributed by atoms with Gasteiger partial charge in [-0.15, -0.1) is 0 Å². The lowest BCUT2D eigenvalue weighted by molar-refractivity contribution is 0.172. The molecule has 4 nitrogen and oxygen atoms in total. The number of hydrogen-bond acceptors (Lipinski definition) is 4. The van der Waals surface area contributed by atoms with Gasteiger partial charge in [-0.1, -0.05) is 53.5 Å². The van der Waals surface area contributed by atoms with Crippen molar-refractivity contribution in [2.75, 3.05) is 0 Å². The summed E-state index contributed by atoms with van der Waals surface area (Å²) < 4.78 is 6.06. The number of nitrogens with zero attached hydrogens (tertiary/aromatic N) is 1. The fourth-order valence-corrected chi connectivity index (χ4v) is 2.91. The van der Waals surface area contributed by atoms with Crippen LogP contribution in [0.25, 0.3) is 0 Å². The van der Waals surface area contributed by atoms with Crippen molar-refractivity contribution < 1.29 is 14.9 Å². The molecule has 3 aromatic carbocycles. The van der Waals surface area contributed by atoms with Crippen LogP contribution in [0.3, 0.4) is 0 Å². The molecular weight excluding hydrogens is 373 g/mol. The maximum atomic E-state index is 10.1. The smallest absolute Gasteiger partial charge is 0.245 e. The highest BCUT2D eigenvalue weighted by Crippen LogP contribution is 2.39. The largest absolute Gasteiger partial charge is 0.506 e. The van der Waals surface area contributed by atoms with Gasteiger partial charge in [-0.25, -0.2) is 0 Å². The Kier molecular flexibility index (Phi) is 4.94. The summed E-state index contributed by atoms with van der Waals surface area (Å²) in [4.78, 5) is 0. The van der Waals surface area contributed by atoms with Crippen LogP contribution in [0.5, 0.6) is 17.2 Å². The lowest BCUT2D eigenvalue weighted by atomic mass is 9.87. The third-order valence-electron chi connectivity index (χ3n) is 3.88. The zero-order valence-electron chi connectivity index (χ0n) is 13.4. The van der Waals surface area contributed by atoms with Crippen molar-refractivity contribution in [3.05, 3.63) is 87.9 Å². The molecular formula is C20H13Cl2NO3. The summed E-state index contributed by atoms with van der Waals surface area (Å²) in [6.45, 7) is 0. The number of halogens is 2. The van der Waals surface area contributed by atoms with Gasteiger partial charge in [0.15, 0.2) is 0 Å². The summed E-state index contributed by atoms with van der Waals surface area (Å²) in [6, 6.07) is 19.9. The molecule has 0 fully saturated rings. The van der Waals surface area contributed by atoms with Crippen molar-refractivity contribution in [1.82, 2.24) is 0 Å². The first kappa shape index (κ1) is 17.9. The highest BCUT2D eigenvalue weighted by molar-refractivity contribution is 6.32. The average molecular weight is 386 g/mol. The molecule has 0 aliphatic carbocycles. The molecule has 1 atom stereocenters. The van der Waals surface area contributed by atoms with E-state index in [1.165, 1.54) is 30.3 Å². The Morgan fingerprint density at radius 2 is 1.42 bits per heavy atom. The third-order valence-corrected chi connectivity index (χ3v) is 4.49. The second-order valence-corrected chi connectivity index (χ2v) is 6.35. The molecule has 2 N–H and O–H groups in total. The van der Waals surface area contributed by atoms with Gasteiger partial charge in [0.05, 0.1) is 10.0 Å². The van der Waals surface area contributed by atoms with E-state index in [-0.39, 0.29) is 21.5 Å². The van der Waals surface area contributed by atoms with Crippen LogP contribution in [0.15, 0.2) is 66.7 Å². The summed E-state index contributed by atoms with van der Waals surface area (Å²) in [5, 5.41) is 29.6. The molecule has 0 saturated heterocycles. The molecule has 130 valence electrons. The number of aromatic hydroxyl groups is 2. The maximum absolute atomic E-state index is 10.1. The Morgan fingerprint density at radius 3 is 2.00 bits per heavy atom. The van der Waals surface area contributed by atoms with E-state index < -0.39 is 5.60 Å². The molecule has 0 aromatic heterocycles. The molecule has 3 rings (SSSR count). The fraction of sp³-hybridized carbons (Fsp3) is 0.0500. The van der Waals surface area contributed by atoms with E-state index in [1.54, 1.807) is 30.3 Å². The first-order valence-corrected chi connectivity index (χ1v) is 8.35. The monoisotopic (exact) mass is 385 g/mol. The van der Waals surface area contributed by atoms with E-state index in [4.69, 9.17) is 27.9 Å². The molecule has 0 aliphatic rings. The zero-order chi connectivity index (χ0) is 18.7. The van der Waals surface area contributed by atoms with Crippen molar-refractivity contribution in [3.8, 4) is 23.3 Å². The molecule has 0 radical (unpaired) electrons. The molecule has 3 aromatic rings. The predicted octanol–water partition coefficient (Wildman–Crippen LogP) is 5.25. The van der Waals surface area contributed by atoms with E-state index in [2.05, 4.69) is 6.07 Å². The number of phenolic OH excluding ortho intramolecular Hbond substituents is 2. The van der Waals surface area contributed by atoms with Crippen molar-refractivity contribution in [2.24, 2.45) is 0 Å². The summed E-state index contributed by atoms with van der Waals surface area (Å²) >= 11 is 12.0. The predicted molar refractivity (Wildman–Crippen MR) is 99.7 cm³/mol. The van der Waals surface area contributed by atoms with Crippen molar-refractivity contribution in [2.45, 2.75) is 5.60 Å². The molecule has 26 heavy (non-hydrogen) atoms. The summed E-state index contributed by atoms with van der Waals surface area (Å²) in [5.41, 5.74) is -0.509. The van der Waals surface area contributed by atoms with Crippen LogP contribution in [0.2, 0.25) is 10.0 Å². The molecule has 0 bridgehead atoms. The second-order valence-electron chi connectivity index (χ2n) is 5.54. The highest BCUT2D eigenvalue weighted by Gasteiger charge is 2.38. The van der Waals surface area contributed by atoms with Gasteiger partial charge in [-0.05, 0) is 30.3 Å².